The summed E-state index contributed by atoms with van der Waals surface area (Å²) < 4.78 is 47.8. The first-order chi connectivity index (χ1) is 16.7. The first kappa shape index (κ1) is 22.5. The number of nitrogens with zero attached hydrogens (tertiary/aromatic N) is 2. The Labute approximate surface area is 197 Å². The number of aliphatic hydroxyl groups is 1. The Kier molecular flexibility index (Phi) is 5.43. The molecule has 3 heterocycles. The number of carbonyl (C=O) groups is 2. The number of ketones is 1. The van der Waals surface area contributed by atoms with Crippen molar-refractivity contribution in [1.29, 1.82) is 0 Å². The number of ether oxygens (including phenoxy) is 2. The van der Waals surface area contributed by atoms with Gasteiger partial charge < -0.3 is 14.6 Å². The fraction of sp³-hybridized carbons (Fsp3) is 0.160. The molecule has 0 bridgehead atoms. The van der Waals surface area contributed by atoms with Crippen LogP contribution in [0.15, 0.2) is 72.4 Å². The van der Waals surface area contributed by atoms with E-state index in [1.165, 1.54) is 18.3 Å². The second kappa shape index (κ2) is 8.46. The van der Waals surface area contributed by atoms with Gasteiger partial charge in [-0.1, -0.05) is 12.1 Å². The van der Waals surface area contributed by atoms with E-state index in [1.54, 1.807) is 36.4 Å². The highest BCUT2D eigenvalue weighted by Gasteiger charge is 2.48. The molecule has 1 aromatic heterocycles. The zero-order valence-corrected chi connectivity index (χ0v) is 18.0. The van der Waals surface area contributed by atoms with Gasteiger partial charge in [0.05, 0.1) is 17.9 Å². The van der Waals surface area contributed by atoms with Gasteiger partial charge in [0.25, 0.3) is 11.7 Å². The lowest BCUT2D eigenvalue weighted by atomic mass is 9.97. The summed E-state index contributed by atoms with van der Waals surface area (Å²) in [6.45, 7) is 0.494. The van der Waals surface area contributed by atoms with E-state index >= 15 is 0 Å². The maximum Gasteiger partial charge on any atom is 0.573 e. The Hall–Kier alpha value is -4.34. The SMILES string of the molecule is O=C1C(=O)N(c2cccc(OC(F)(F)F)c2)C(c2ccccn2)/C1=C(/O)c1ccc2c(c1)CCO2. The number of fused-ring (bicyclic) bond motifs is 1. The van der Waals surface area contributed by atoms with Gasteiger partial charge in [0, 0.05) is 29.9 Å². The van der Waals surface area contributed by atoms with Crippen LogP contribution >= 0.6 is 0 Å². The number of hydrogen-bond donors (Lipinski definition) is 1. The zero-order valence-electron chi connectivity index (χ0n) is 18.0. The van der Waals surface area contributed by atoms with Gasteiger partial charge in [-0.25, -0.2) is 0 Å². The average Bonchev–Trinajstić information content (AvgIpc) is 3.40. The molecule has 1 unspecified atom stereocenters. The van der Waals surface area contributed by atoms with Crippen LogP contribution in [0.4, 0.5) is 18.9 Å². The van der Waals surface area contributed by atoms with E-state index in [1.807, 2.05) is 0 Å². The Balaban J connectivity index is 1.65. The summed E-state index contributed by atoms with van der Waals surface area (Å²) >= 11 is 0. The van der Waals surface area contributed by atoms with E-state index in [-0.39, 0.29) is 17.0 Å². The standard InChI is InChI=1S/C25H17F3N2O5/c26-25(27,28)35-17-5-3-4-16(13-17)30-21(18-6-1-2-10-29-18)20(23(32)24(30)33)22(31)15-7-8-19-14(12-15)9-11-34-19/h1-8,10,12-13,21,31H,9,11H2/b22-20-. The van der Waals surface area contributed by atoms with Crippen LogP contribution in [0, 0.1) is 0 Å². The van der Waals surface area contributed by atoms with Crippen molar-refractivity contribution in [2.45, 2.75) is 18.8 Å². The monoisotopic (exact) mass is 482 g/mol. The molecule has 1 fully saturated rings. The summed E-state index contributed by atoms with van der Waals surface area (Å²) in [6, 6.07) is 13.3. The minimum Gasteiger partial charge on any atom is -0.507 e. The zero-order chi connectivity index (χ0) is 24.7. The number of amides is 1. The van der Waals surface area contributed by atoms with Crippen LogP contribution in [0.3, 0.4) is 0 Å². The average molecular weight is 482 g/mol. The quantitative estimate of drug-likeness (QED) is 0.334. The van der Waals surface area contributed by atoms with Crippen LogP contribution in [-0.2, 0) is 16.0 Å². The van der Waals surface area contributed by atoms with Gasteiger partial charge in [0.2, 0.25) is 0 Å². The van der Waals surface area contributed by atoms with E-state index in [2.05, 4.69) is 9.72 Å². The molecule has 5 rings (SSSR count). The first-order valence-corrected chi connectivity index (χ1v) is 10.6. The smallest absolute Gasteiger partial charge is 0.507 e. The number of Topliss-reactive ketones (excluding diaryl/α,β-unsaturated/α-hetero) is 1. The Morgan fingerprint density at radius 3 is 2.66 bits per heavy atom. The third-order valence-electron chi connectivity index (χ3n) is 5.70. The first-order valence-electron chi connectivity index (χ1n) is 10.6. The summed E-state index contributed by atoms with van der Waals surface area (Å²) in [5, 5.41) is 11.2. The van der Waals surface area contributed by atoms with Gasteiger partial charge in [0.15, 0.2) is 0 Å². The normalized spacial score (nSPS) is 18.9. The third kappa shape index (κ3) is 4.18. The fourth-order valence-corrected chi connectivity index (χ4v) is 4.24. The summed E-state index contributed by atoms with van der Waals surface area (Å²) in [4.78, 5) is 31.6. The van der Waals surface area contributed by atoms with Gasteiger partial charge in [-0.15, -0.1) is 13.2 Å². The second-order valence-corrected chi connectivity index (χ2v) is 7.89. The number of aliphatic hydroxyl groups excluding tert-OH is 1. The highest BCUT2D eigenvalue weighted by Crippen LogP contribution is 2.43. The van der Waals surface area contributed by atoms with Gasteiger partial charge >= 0.3 is 6.36 Å². The van der Waals surface area contributed by atoms with E-state index in [9.17, 15) is 27.9 Å². The van der Waals surface area contributed by atoms with Gasteiger partial charge in [-0.05, 0) is 48.0 Å². The van der Waals surface area contributed by atoms with Crippen molar-refractivity contribution in [2.24, 2.45) is 0 Å². The van der Waals surface area contributed by atoms with E-state index in [4.69, 9.17) is 4.74 Å². The maximum atomic E-state index is 13.2. The van der Waals surface area contributed by atoms with Crippen LogP contribution in [0.2, 0.25) is 0 Å². The molecule has 0 radical (unpaired) electrons. The lowest BCUT2D eigenvalue weighted by molar-refractivity contribution is -0.274. The molecule has 178 valence electrons. The number of benzene rings is 2. The number of pyridine rings is 1. The van der Waals surface area contributed by atoms with Crippen molar-refractivity contribution >= 4 is 23.1 Å². The highest BCUT2D eigenvalue weighted by molar-refractivity contribution is 6.51. The minimum absolute atomic E-state index is 0.0223. The molecule has 2 aliphatic rings. The van der Waals surface area contributed by atoms with Crippen molar-refractivity contribution in [1.82, 2.24) is 4.98 Å². The molecule has 7 nitrogen and oxygen atoms in total. The molecule has 1 atom stereocenters. The largest absolute Gasteiger partial charge is 0.573 e. The van der Waals surface area contributed by atoms with Crippen LogP contribution in [0.5, 0.6) is 11.5 Å². The predicted molar refractivity (Wildman–Crippen MR) is 118 cm³/mol. The number of hydrogen-bond acceptors (Lipinski definition) is 6. The number of rotatable bonds is 4. The number of anilines is 1. The second-order valence-electron chi connectivity index (χ2n) is 7.89. The summed E-state index contributed by atoms with van der Waals surface area (Å²) in [5.74, 6) is -2.31. The molecule has 0 saturated carbocycles. The number of alkyl halides is 3. The maximum absolute atomic E-state index is 13.2. The fourth-order valence-electron chi connectivity index (χ4n) is 4.24. The molecule has 2 aromatic carbocycles. The van der Waals surface area contributed by atoms with Crippen molar-refractivity contribution in [2.75, 3.05) is 11.5 Å². The minimum atomic E-state index is -4.94. The Bertz CT molecular complexity index is 1350. The van der Waals surface area contributed by atoms with Crippen LogP contribution in [0.1, 0.15) is 22.9 Å². The van der Waals surface area contributed by atoms with Crippen LogP contribution < -0.4 is 14.4 Å². The molecular formula is C25H17F3N2O5. The van der Waals surface area contributed by atoms with Gasteiger partial charge in [-0.3, -0.25) is 19.5 Å². The Morgan fingerprint density at radius 1 is 1.09 bits per heavy atom. The molecule has 0 spiro atoms. The van der Waals surface area contributed by atoms with Crippen LogP contribution in [-0.4, -0.2) is 34.8 Å². The lowest BCUT2D eigenvalue weighted by Gasteiger charge is -2.25. The molecule has 10 heteroatoms. The van der Waals surface area contributed by atoms with Gasteiger partial charge in [0.1, 0.15) is 23.3 Å². The molecule has 35 heavy (non-hydrogen) atoms. The van der Waals surface area contributed by atoms with Crippen molar-refractivity contribution in [3.8, 4) is 11.5 Å². The number of halogens is 3. The summed E-state index contributed by atoms with van der Waals surface area (Å²) in [5.41, 5.74) is 1.15. The lowest BCUT2D eigenvalue weighted by Crippen LogP contribution is -2.30. The van der Waals surface area contributed by atoms with Crippen molar-refractivity contribution in [3.05, 3.63) is 89.3 Å². The molecule has 1 N–H and O–H groups in total. The number of aromatic nitrogens is 1. The van der Waals surface area contributed by atoms with Crippen molar-refractivity contribution in [3.63, 3.8) is 0 Å². The molecule has 1 amide bonds. The topological polar surface area (TPSA) is 89.0 Å². The third-order valence-corrected chi connectivity index (χ3v) is 5.70. The molecule has 2 aliphatic heterocycles. The van der Waals surface area contributed by atoms with Crippen molar-refractivity contribution < 1.29 is 37.3 Å². The number of carbonyl (C=O) groups excluding carboxylic acids is 2. The van der Waals surface area contributed by atoms with E-state index < -0.39 is 35.6 Å². The Morgan fingerprint density at radius 2 is 1.91 bits per heavy atom. The van der Waals surface area contributed by atoms with E-state index in [0.717, 1.165) is 22.6 Å². The molecular weight excluding hydrogens is 465 g/mol. The van der Waals surface area contributed by atoms with Gasteiger partial charge in [-0.2, -0.15) is 0 Å². The molecule has 1 saturated heterocycles. The highest BCUT2D eigenvalue weighted by atomic mass is 19.4. The molecule has 3 aromatic rings. The van der Waals surface area contributed by atoms with Crippen LogP contribution in [0.25, 0.3) is 5.76 Å². The molecule has 0 aliphatic carbocycles. The summed E-state index contributed by atoms with van der Waals surface area (Å²) in [6.07, 6.45) is -2.86. The van der Waals surface area contributed by atoms with E-state index in [0.29, 0.717) is 24.3 Å². The summed E-state index contributed by atoms with van der Waals surface area (Å²) in [7, 11) is 0. The predicted octanol–water partition coefficient (Wildman–Crippen LogP) is 4.54.